The van der Waals surface area contributed by atoms with Gasteiger partial charge in [-0.3, -0.25) is 4.98 Å². The van der Waals surface area contributed by atoms with Crippen molar-refractivity contribution >= 4 is 47.0 Å². The second-order valence-corrected chi connectivity index (χ2v) is 8.55. The topological polar surface area (TPSA) is 164 Å². The van der Waals surface area contributed by atoms with Crippen molar-refractivity contribution in [3.63, 3.8) is 0 Å². The molecule has 178 valence electrons. The van der Waals surface area contributed by atoms with E-state index in [1.807, 2.05) is 19.9 Å². The number of carboxylic acid groups (broad SMARTS) is 2. The molecule has 0 unspecified atom stereocenters. The highest BCUT2D eigenvalue weighted by atomic mass is 32.2. The number of rotatable bonds is 6. The molecule has 3 N–H and O–H groups in total. The zero-order valence-corrected chi connectivity index (χ0v) is 19.5. The summed E-state index contributed by atoms with van der Waals surface area (Å²) in [5.74, 6) is 0.695. The number of amides is 2. The third kappa shape index (κ3) is 4.15. The van der Waals surface area contributed by atoms with Gasteiger partial charge in [0.25, 0.3) is 0 Å². The van der Waals surface area contributed by atoms with Crippen molar-refractivity contribution in [1.29, 1.82) is 0 Å². The van der Waals surface area contributed by atoms with Crippen molar-refractivity contribution in [1.82, 2.24) is 24.7 Å². The molecule has 0 bridgehead atoms. The van der Waals surface area contributed by atoms with Gasteiger partial charge in [-0.2, -0.15) is 10.1 Å². The van der Waals surface area contributed by atoms with Gasteiger partial charge >= 0.3 is 12.2 Å². The molecule has 1 aliphatic heterocycles. The molecule has 0 saturated carbocycles. The maximum absolute atomic E-state index is 11.6. The van der Waals surface area contributed by atoms with E-state index in [1.54, 1.807) is 18.0 Å². The number of aliphatic hydroxyl groups is 1. The minimum absolute atomic E-state index is 0.0401. The molecule has 1 aliphatic rings. The summed E-state index contributed by atoms with van der Waals surface area (Å²) in [6.45, 7) is 3.91. The second kappa shape index (κ2) is 9.27. The summed E-state index contributed by atoms with van der Waals surface area (Å²) in [5, 5.41) is 33.9. The average molecular weight is 487 g/mol. The van der Waals surface area contributed by atoms with Crippen LogP contribution < -0.4 is 9.64 Å². The van der Waals surface area contributed by atoms with Crippen LogP contribution in [-0.4, -0.2) is 71.7 Å². The van der Waals surface area contributed by atoms with Crippen molar-refractivity contribution < 1.29 is 29.6 Å². The van der Waals surface area contributed by atoms with E-state index in [9.17, 15) is 24.9 Å². The lowest BCUT2D eigenvalue weighted by atomic mass is 10.1. The number of aliphatic hydroxyl groups excluding tert-OH is 1. The molecule has 4 rings (SSSR count). The number of carbonyl (C=O) groups is 2. The van der Waals surface area contributed by atoms with Crippen LogP contribution in [0.4, 0.5) is 15.5 Å². The molecule has 12 nitrogen and oxygen atoms in total. The van der Waals surface area contributed by atoms with Crippen molar-refractivity contribution in [2.45, 2.75) is 31.8 Å². The summed E-state index contributed by atoms with van der Waals surface area (Å²) < 4.78 is 7.03. The second-order valence-electron chi connectivity index (χ2n) is 7.58. The molecular weight excluding hydrogens is 464 g/mol. The molecule has 3 aromatic rings. The molecule has 34 heavy (non-hydrogen) atoms. The van der Waals surface area contributed by atoms with Gasteiger partial charge in [-0.25, -0.2) is 19.3 Å². The van der Waals surface area contributed by atoms with Crippen molar-refractivity contribution in [2.75, 3.05) is 24.4 Å². The molecule has 0 aromatic carbocycles. The van der Waals surface area contributed by atoms with Gasteiger partial charge in [0.15, 0.2) is 5.65 Å². The molecule has 0 spiro atoms. The number of ether oxygens (including phenoxy) is 1. The summed E-state index contributed by atoms with van der Waals surface area (Å²) in [5.41, 5.74) is 4.10. The van der Waals surface area contributed by atoms with Crippen LogP contribution in [0.3, 0.4) is 0 Å². The average Bonchev–Trinajstić information content (AvgIpc) is 3.00. The van der Waals surface area contributed by atoms with E-state index in [4.69, 9.17) is 4.74 Å². The monoisotopic (exact) mass is 486 g/mol. The van der Waals surface area contributed by atoms with Gasteiger partial charge < -0.3 is 20.1 Å². The Balaban J connectivity index is 1.93. The van der Waals surface area contributed by atoms with E-state index >= 15 is 0 Å². The molecule has 0 saturated heterocycles. The Morgan fingerprint density at radius 2 is 1.97 bits per heavy atom. The summed E-state index contributed by atoms with van der Waals surface area (Å²) in [4.78, 5) is 36.3. The van der Waals surface area contributed by atoms with E-state index < -0.39 is 18.1 Å². The fourth-order valence-corrected chi connectivity index (χ4v) is 4.82. The highest BCUT2D eigenvalue weighted by Gasteiger charge is 2.29. The predicted octanol–water partition coefficient (Wildman–Crippen LogP) is 2.93. The quantitative estimate of drug-likeness (QED) is 0.439. The van der Waals surface area contributed by atoms with Gasteiger partial charge in [-0.15, -0.1) is 16.7 Å². The number of hydrogen-bond donors (Lipinski definition) is 3. The molecule has 13 heteroatoms. The number of imide groups is 1. The van der Waals surface area contributed by atoms with Gasteiger partial charge in [0, 0.05) is 29.7 Å². The fraction of sp³-hybridized carbons (Fsp3) is 0.333. The Labute approximate surface area is 197 Å². The van der Waals surface area contributed by atoms with E-state index in [0.717, 1.165) is 16.7 Å². The van der Waals surface area contributed by atoms with Crippen LogP contribution in [0.1, 0.15) is 28.9 Å². The Bertz CT molecular complexity index is 1320. The number of aryl methyl sites for hydroxylation is 1. The van der Waals surface area contributed by atoms with Crippen LogP contribution >= 0.6 is 11.8 Å². The van der Waals surface area contributed by atoms with Crippen LogP contribution in [0.2, 0.25) is 0 Å². The number of hydrogen-bond acceptors (Lipinski definition) is 9. The van der Waals surface area contributed by atoms with Gasteiger partial charge in [0.1, 0.15) is 10.8 Å². The van der Waals surface area contributed by atoms with E-state index in [0.29, 0.717) is 39.7 Å². The lowest BCUT2D eigenvalue weighted by Crippen LogP contribution is -2.36. The Morgan fingerprint density at radius 3 is 2.62 bits per heavy atom. The maximum atomic E-state index is 11.6. The van der Waals surface area contributed by atoms with Gasteiger partial charge in [0.05, 0.1) is 30.4 Å². The van der Waals surface area contributed by atoms with E-state index in [-0.39, 0.29) is 23.7 Å². The maximum Gasteiger partial charge on any atom is 0.424 e. The first-order chi connectivity index (χ1) is 16.2. The first-order valence-electron chi connectivity index (χ1n) is 10.2. The van der Waals surface area contributed by atoms with Gasteiger partial charge in [-0.1, -0.05) is 5.57 Å². The molecule has 0 radical (unpaired) electrons. The Morgan fingerprint density at radius 1 is 1.24 bits per heavy atom. The zero-order chi connectivity index (χ0) is 24.6. The molecular formula is C21H22N6O6S. The highest BCUT2D eigenvalue weighted by molar-refractivity contribution is 7.99. The molecule has 4 heterocycles. The van der Waals surface area contributed by atoms with E-state index in [2.05, 4.69) is 20.1 Å². The minimum atomic E-state index is -1.72. The van der Waals surface area contributed by atoms with Crippen LogP contribution in [0.25, 0.3) is 17.1 Å². The number of aromatic nitrogens is 5. The third-order valence-corrected chi connectivity index (χ3v) is 6.46. The first kappa shape index (κ1) is 23.4. The number of anilines is 1. The SMILES string of the molecule is COc1c(C)cnc(Cn2nc3c4c(nc(N(C(=O)O)C(=O)O)nc42)SCC(CCO)=C3)c1C. The highest BCUT2D eigenvalue weighted by Crippen LogP contribution is 2.36. The zero-order valence-electron chi connectivity index (χ0n) is 18.6. The number of pyridine rings is 1. The summed E-state index contributed by atoms with van der Waals surface area (Å²) in [6.07, 6.45) is 0.535. The van der Waals surface area contributed by atoms with Crippen LogP contribution in [0.15, 0.2) is 16.8 Å². The normalized spacial score (nSPS) is 12.9. The van der Waals surface area contributed by atoms with Crippen LogP contribution in [0.5, 0.6) is 5.75 Å². The standard InChI is InChI=1S/C21H22N6O6S/c1-10-7-22-14(11(2)16(10)33-3)8-26-17-15-13(25-26)6-12(4-5-28)9-34-18(15)24-19(23-17)27(20(29)30)21(31)32/h6-7,28H,4-5,8-9H2,1-3H3,(H,29,30)(H,31,32). The fourth-order valence-electron chi connectivity index (χ4n) is 3.78. The number of nitrogens with zero attached hydrogens (tertiary/aromatic N) is 6. The molecule has 0 atom stereocenters. The van der Waals surface area contributed by atoms with Gasteiger partial charge in [0.2, 0.25) is 5.95 Å². The molecule has 0 aliphatic carbocycles. The van der Waals surface area contributed by atoms with Crippen LogP contribution in [0, 0.1) is 13.8 Å². The van der Waals surface area contributed by atoms with Crippen molar-refractivity contribution in [2.24, 2.45) is 0 Å². The molecule has 2 amide bonds. The van der Waals surface area contributed by atoms with E-state index in [1.165, 1.54) is 11.8 Å². The van der Waals surface area contributed by atoms with Crippen molar-refractivity contribution in [3.8, 4) is 5.75 Å². The number of thioether (sulfide) groups is 1. The minimum Gasteiger partial charge on any atom is -0.496 e. The van der Waals surface area contributed by atoms with Gasteiger partial charge in [-0.05, 0) is 26.3 Å². The molecule has 3 aromatic heterocycles. The van der Waals surface area contributed by atoms with Crippen molar-refractivity contribution in [3.05, 3.63) is 34.3 Å². The predicted molar refractivity (Wildman–Crippen MR) is 124 cm³/mol. The lowest BCUT2D eigenvalue weighted by Gasteiger charge is -2.14. The first-order valence-corrected chi connectivity index (χ1v) is 11.2. The Hall–Kier alpha value is -3.71. The van der Waals surface area contributed by atoms with Crippen LogP contribution in [-0.2, 0) is 6.54 Å². The summed E-state index contributed by atoms with van der Waals surface area (Å²) in [7, 11) is 1.58. The smallest absolute Gasteiger partial charge is 0.424 e. The molecule has 0 fully saturated rings. The third-order valence-electron chi connectivity index (χ3n) is 5.37. The lowest BCUT2D eigenvalue weighted by molar-refractivity contribution is 0.183. The summed E-state index contributed by atoms with van der Waals surface area (Å²) in [6, 6.07) is 0. The largest absolute Gasteiger partial charge is 0.496 e. The summed E-state index contributed by atoms with van der Waals surface area (Å²) >= 11 is 1.30. The Kier molecular flexibility index (Phi) is 6.39. The number of methoxy groups -OCH3 is 1.